The first-order valence-corrected chi connectivity index (χ1v) is 7.61. The van der Waals surface area contributed by atoms with Crippen molar-refractivity contribution in [2.24, 2.45) is 5.92 Å². The van der Waals surface area contributed by atoms with E-state index in [1.165, 1.54) is 0 Å². The van der Waals surface area contributed by atoms with Gasteiger partial charge >= 0.3 is 0 Å². The molecule has 4 nitrogen and oxygen atoms in total. The fraction of sp³-hybridized carbons (Fsp3) is 0.533. The fourth-order valence-electron chi connectivity index (χ4n) is 1.68. The van der Waals surface area contributed by atoms with Gasteiger partial charge in [-0.2, -0.15) is 0 Å². The maximum absolute atomic E-state index is 12.0. The van der Waals surface area contributed by atoms with Gasteiger partial charge in [-0.1, -0.05) is 13.8 Å². The molecule has 1 unspecified atom stereocenters. The molecule has 0 fully saturated rings. The Balaban J connectivity index is 2.56. The zero-order valence-electron chi connectivity index (χ0n) is 12.5. The highest BCUT2D eigenvalue weighted by molar-refractivity contribution is 9.10. The van der Waals surface area contributed by atoms with Gasteiger partial charge in [-0.25, -0.2) is 0 Å². The van der Waals surface area contributed by atoms with Crippen molar-refractivity contribution in [3.63, 3.8) is 0 Å². The Morgan fingerprint density at radius 2 is 2.05 bits per heavy atom. The molecule has 0 radical (unpaired) electrons. The molecular formula is C15H23BrN2O2. The third-order valence-electron chi connectivity index (χ3n) is 2.96. The largest absolute Gasteiger partial charge is 0.497 e. The van der Waals surface area contributed by atoms with Crippen molar-refractivity contribution in [2.75, 3.05) is 19.0 Å². The van der Waals surface area contributed by atoms with Crippen LogP contribution in [-0.2, 0) is 4.79 Å². The fourth-order valence-corrected chi connectivity index (χ4v) is 2.04. The van der Waals surface area contributed by atoms with Crippen molar-refractivity contribution in [2.45, 2.75) is 33.2 Å². The number of methoxy groups -OCH3 is 1. The monoisotopic (exact) mass is 342 g/mol. The number of nitrogens with one attached hydrogen (secondary N) is 2. The lowest BCUT2D eigenvalue weighted by Crippen LogP contribution is -2.38. The van der Waals surface area contributed by atoms with E-state index in [4.69, 9.17) is 4.74 Å². The SMILES string of the molecule is COc1ccc(Br)c(NC(C)C(=O)NCCC(C)C)c1. The zero-order valence-corrected chi connectivity index (χ0v) is 14.1. The molecule has 1 amide bonds. The summed E-state index contributed by atoms with van der Waals surface area (Å²) in [5, 5.41) is 6.12. The van der Waals surface area contributed by atoms with E-state index in [2.05, 4.69) is 40.4 Å². The highest BCUT2D eigenvalue weighted by Crippen LogP contribution is 2.27. The Morgan fingerprint density at radius 1 is 1.35 bits per heavy atom. The molecule has 0 aromatic heterocycles. The number of hydrogen-bond acceptors (Lipinski definition) is 3. The Labute approximate surface area is 129 Å². The molecule has 0 saturated carbocycles. The first-order valence-electron chi connectivity index (χ1n) is 6.81. The first-order chi connectivity index (χ1) is 9.43. The van der Waals surface area contributed by atoms with Crippen LogP contribution in [0.3, 0.4) is 0 Å². The number of ether oxygens (including phenoxy) is 1. The molecule has 0 spiro atoms. The molecule has 1 rings (SSSR count). The average Bonchev–Trinajstić information content (AvgIpc) is 2.40. The zero-order chi connectivity index (χ0) is 15.1. The lowest BCUT2D eigenvalue weighted by atomic mass is 10.1. The summed E-state index contributed by atoms with van der Waals surface area (Å²) in [6, 6.07) is 5.32. The number of carbonyl (C=O) groups excluding carboxylic acids is 1. The Morgan fingerprint density at radius 3 is 2.65 bits per heavy atom. The van der Waals surface area contributed by atoms with Crippen LogP contribution in [0.15, 0.2) is 22.7 Å². The molecule has 112 valence electrons. The van der Waals surface area contributed by atoms with Crippen molar-refractivity contribution >= 4 is 27.5 Å². The Kier molecular flexibility index (Phi) is 6.85. The number of rotatable bonds is 7. The van der Waals surface area contributed by atoms with Crippen LogP contribution >= 0.6 is 15.9 Å². The molecule has 0 aliphatic rings. The van der Waals surface area contributed by atoms with Crippen LogP contribution in [0, 0.1) is 5.92 Å². The van der Waals surface area contributed by atoms with Gasteiger partial charge in [-0.3, -0.25) is 4.79 Å². The summed E-state index contributed by atoms with van der Waals surface area (Å²) < 4.78 is 6.08. The summed E-state index contributed by atoms with van der Waals surface area (Å²) in [4.78, 5) is 12.0. The van der Waals surface area contributed by atoms with Crippen molar-refractivity contribution in [3.05, 3.63) is 22.7 Å². The van der Waals surface area contributed by atoms with E-state index in [1.807, 2.05) is 25.1 Å². The normalized spacial score (nSPS) is 12.1. The standard InChI is InChI=1S/C15H23BrN2O2/c1-10(2)7-8-17-15(19)11(3)18-14-9-12(20-4)5-6-13(14)16/h5-6,9-11,18H,7-8H2,1-4H3,(H,17,19). The number of halogens is 1. The molecule has 5 heteroatoms. The Bertz CT molecular complexity index is 449. The smallest absolute Gasteiger partial charge is 0.242 e. The lowest BCUT2D eigenvalue weighted by Gasteiger charge is -2.17. The minimum absolute atomic E-state index is 0.000342. The molecular weight excluding hydrogens is 320 g/mol. The van der Waals surface area contributed by atoms with Crippen molar-refractivity contribution < 1.29 is 9.53 Å². The number of benzene rings is 1. The highest BCUT2D eigenvalue weighted by Gasteiger charge is 2.14. The summed E-state index contributed by atoms with van der Waals surface area (Å²) in [5.74, 6) is 1.34. The molecule has 0 bridgehead atoms. The maximum Gasteiger partial charge on any atom is 0.242 e. The quantitative estimate of drug-likeness (QED) is 0.798. The molecule has 1 aromatic rings. The van der Waals surface area contributed by atoms with Gasteiger partial charge in [0.15, 0.2) is 0 Å². The first kappa shape index (κ1) is 16.8. The van der Waals surface area contributed by atoms with Crippen LogP contribution in [0.4, 0.5) is 5.69 Å². The minimum Gasteiger partial charge on any atom is -0.497 e. The summed E-state index contributed by atoms with van der Waals surface area (Å²) in [5.41, 5.74) is 0.843. The van der Waals surface area contributed by atoms with Gasteiger partial charge in [-0.15, -0.1) is 0 Å². The summed E-state index contributed by atoms with van der Waals surface area (Å²) in [6.45, 7) is 6.83. The van der Waals surface area contributed by atoms with Gasteiger partial charge in [0.05, 0.1) is 12.8 Å². The van der Waals surface area contributed by atoms with Gasteiger partial charge in [0.25, 0.3) is 0 Å². The van der Waals surface area contributed by atoms with Crippen LogP contribution in [0.25, 0.3) is 0 Å². The number of anilines is 1. The molecule has 2 N–H and O–H groups in total. The van der Waals surface area contributed by atoms with E-state index in [0.29, 0.717) is 12.5 Å². The summed E-state index contributed by atoms with van der Waals surface area (Å²) >= 11 is 3.46. The highest BCUT2D eigenvalue weighted by atomic mass is 79.9. The van der Waals surface area contributed by atoms with Crippen LogP contribution in [-0.4, -0.2) is 25.6 Å². The second-order valence-corrected chi connectivity index (χ2v) is 6.04. The molecule has 0 saturated heterocycles. The third-order valence-corrected chi connectivity index (χ3v) is 3.65. The van der Waals surface area contributed by atoms with Crippen LogP contribution < -0.4 is 15.4 Å². The van der Waals surface area contributed by atoms with E-state index in [1.54, 1.807) is 7.11 Å². The number of hydrogen-bond donors (Lipinski definition) is 2. The van der Waals surface area contributed by atoms with Crippen molar-refractivity contribution in [1.29, 1.82) is 0 Å². The molecule has 0 aliphatic carbocycles. The predicted octanol–water partition coefficient (Wildman–Crippen LogP) is 3.42. The van der Waals surface area contributed by atoms with Gasteiger partial charge in [0, 0.05) is 17.1 Å². The number of carbonyl (C=O) groups is 1. The minimum atomic E-state index is -0.300. The van der Waals surface area contributed by atoms with Crippen molar-refractivity contribution in [3.8, 4) is 5.75 Å². The molecule has 0 aliphatic heterocycles. The molecule has 20 heavy (non-hydrogen) atoms. The van der Waals surface area contributed by atoms with Gasteiger partial charge in [0.1, 0.15) is 11.8 Å². The summed E-state index contributed by atoms with van der Waals surface area (Å²) in [6.07, 6.45) is 0.987. The Hall–Kier alpha value is -1.23. The van der Waals surface area contributed by atoms with E-state index in [-0.39, 0.29) is 11.9 Å². The van der Waals surface area contributed by atoms with Crippen LogP contribution in [0.2, 0.25) is 0 Å². The second kappa shape index (κ2) is 8.15. The van der Waals surface area contributed by atoms with Gasteiger partial charge in [0.2, 0.25) is 5.91 Å². The topological polar surface area (TPSA) is 50.4 Å². The van der Waals surface area contributed by atoms with Gasteiger partial charge in [-0.05, 0) is 47.3 Å². The lowest BCUT2D eigenvalue weighted by molar-refractivity contribution is -0.121. The predicted molar refractivity (Wildman–Crippen MR) is 86.2 cm³/mol. The van der Waals surface area contributed by atoms with Gasteiger partial charge < -0.3 is 15.4 Å². The second-order valence-electron chi connectivity index (χ2n) is 5.19. The summed E-state index contributed by atoms with van der Waals surface area (Å²) in [7, 11) is 1.62. The van der Waals surface area contributed by atoms with E-state index < -0.39 is 0 Å². The maximum atomic E-state index is 12.0. The van der Waals surface area contributed by atoms with E-state index in [9.17, 15) is 4.79 Å². The number of amides is 1. The third kappa shape index (κ3) is 5.41. The van der Waals surface area contributed by atoms with E-state index >= 15 is 0 Å². The van der Waals surface area contributed by atoms with E-state index in [0.717, 1.165) is 22.3 Å². The molecule has 0 heterocycles. The van der Waals surface area contributed by atoms with Crippen LogP contribution in [0.1, 0.15) is 27.2 Å². The average molecular weight is 343 g/mol. The van der Waals surface area contributed by atoms with Crippen LogP contribution in [0.5, 0.6) is 5.75 Å². The van der Waals surface area contributed by atoms with Crippen molar-refractivity contribution in [1.82, 2.24) is 5.32 Å². The molecule has 1 aromatic carbocycles. The molecule has 1 atom stereocenters.